The molecule has 0 bridgehead atoms. The molecule has 0 saturated carbocycles. The normalized spacial score (nSPS) is 17.5. The molecule has 0 fully saturated rings. The molecule has 0 aliphatic carbocycles. The first-order valence-corrected chi connectivity index (χ1v) is 5.45. The number of rotatable bonds is 5. The third-order valence-electron chi connectivity index (χ3n) is 2.17. The summed E-state index contributed by atoms with van der Waals surface area (Å²) in [4.78, 5) is 0.194. The molecule has 2 atom stereocenters. The Morgan fingerprint density at radius 1 is 1.42 bits per heavy atom. The molecule has 0 saturated heterocycles. The van der Waals surface area contributed by atoms with Gasteiger partial charge in [-0.15, -0.1) is 0 Å². The Morgan fingerprint density at radius 2 is 1.92 bits per heavy atom. The third kappa shape index (κ3) is 5.15. The summed E-state index contributed by atoms with van der Waals surface area (Å²) in [6, 6.07) is 0. The van der Waals surface area contributed by atoms with Gasteiger partial charge in [-0.25, -0.2) is 0 Å². The van der Waals surface area contributed by atoms with Crippen LogP contribution in [0.5, 0.6) is 0 Å². The molecule has 0 aliphatic heterocycles. The van der Waals surface area contributed by atoms with Crippen molar-refractivity contribution in [2.24, 2.45) is 5.92 Å². The monoisotopic (exact) mass is 235 g/mol. The van der Waals surface area contributed by atoms with Crippen molar-refractivity contribution in [1.29, 1.82) is 0 Å². The van der Waals surface area contributed by atoms with Crippen LogP contribution in [-0.2, 0) is 0 Å². The summed E-state index contributed by atoms with van der Waals surface area (Å²) >= 11 is 3.49. The van der Waals surface area contributed by atoms with E-state index in [4.69, 9.17) is 0 Å². The second-order valence-corrected chi connectivity index (χ2v) is 5.20. The summed E-state index contributed by atoms with van der Waals surface area (Å²) in [6.07, 6.45) is 3.12. The largest absolute Gasteiger partial charge is 0.389 e. The van der Waals surface area contributed by atoms with Crippen molar-refractivity contribution in [3.8, 4) is 0 Å². The first-order valence-electron chi connectivity index (χ1n) is 4.53. The fraction of sp³-hybridized carbons (Fsp3) is 0.900. The maximum Gasteiger partial charge on any atom is 0.0716 e. The van der Waals surface area contributed by atoms with Gasteiger partial charge in [-0.3, -0.25) is 0 Å². The minimum atomic E-state index is -0.610. The molecule has 0 aliphatic rings. The smallest absolute Gasteiger partial charge is 0.0716 e. The minimum Gasteiger partial charge on any atom is -0.389 e. The quantitative estimate of drug-likeness (QED) is 0.727. The summed E-state index contributed by atoms with van der Waals surface area (Å²) in [7, 11) is 0. The maximum atomic E-state index is 9.61. The van der Waals surface area contributed by atoms with Crippen molar-refractivity contribution < 1.29 is 5.11 Å². The Kier molecular flexibility index (Phi) is 5.42. The number of hydrogen-bond acceptors (Lipinski definition) is 1. The van der Waals surface area contributed by atoms with E-state index in [1.807, 2.05) is 13.8 Å². The van der Waals surface area contributed by atoms with Gasteiger partial charge in [0, 0.05) is 4.83 Å². The average molecular weight is 236 g/mol. The third-order valence-corrected chi connectivity index (χ3v) is 3.75. The van der Waals surface area contributed by atoms with E-state index in [0.29, 0.717) is 5.92 Å². The minimum absolute atomic E-state index is 0.194. The lowest BCUT2D eigenvalue weighted by Crippen LogP contribution is -2.31. The van der Waals surface area contributed by atoms with Crippen LogP contribution in [0.3, 0.4) is 0 Å². The number of alkyl halides is 1. The first kappa shape index (κ1) is 12.4. The molecule has 1 nitrogen and oxygen atoms in total. The van der Waals surface area contributed by atoms with Crippen molar-refractivity contribution in [3.05, 3.63) is 6.92 Å². The van der Waals surface area contributed by atoms with E-state index in [0.717, 1.165) is 19.3 Å². The first-order chi connectivity index (χ1) is 5.38. The lowest BCUT2D eigenvalue weighted by Gasteiger charge is -2.25. The van der Waals surface area contributed by atoms with E-state index in [9.17, 15) is 5.11 Å². The summed E-state index contributed by atoms with van der Waals surface area (Å²) in [5.74, 6) is 0.660. The standard InChI is InChI=1S/C10H20BrO/c1-5-8(2)6-7-9(11)10(3,4)12/h8-9,12H,1,5-7H2,2-4H3. The molecular weight excluding hydrogens is 216 g/mol. The maximum absolute atomic E-state index is 9.61. The number of halogens is 1. The Morgan fingerprint density at radius 3 is 2.25 bits per heavy atom. The predicted octanol–water partition coefficient (Wildman–Crippen LogP) is 3.16. The van der Waals surface area contributed by atoms with Gasteiger partial charge < -0.3 is 5.11 Å². The zero-order valence-corrected chi connectivity index (χ0v) is 9.89. The number of aliphatic hydroxyl groups is 1. The SMILES string of the molecule is [CH2]CC(C)CCC(Br)C(C)(C)O. The Hall–Kier alpha value is 0.440. The van der Waals surface area contributed by atoms with Gasteiger partial charge in [0.25, 0.3) is 0 Å². The van der Waals surface area contributed by atoms with E-state index in [2.05, 4.69) is 29.8 Å². The summed E-state index contributed by atoms with van der Waals surface area (Å²) in [6.45, 7) is 9.71. The second kappa shape index (κ2) is 5.23. The lowest BCUT2D eigenvalue weighted by atomic mass is 9.95. The molecule has 2 heteroatoms. The highest BCUT2D eigenvalue weighted by atomic mass is 79.9. The molecule has 0 aromatic rings. The van der Waals surface area contributed by atoms with Gasteiger partial charge >= 0.3 is 0 Å². The fourth-order valence-electron chi connectivity index (χ4n) is 0.928. The Balaban J connectivity index is 3.64. The van der Waals surface area contributed by atoms with Crippen molar-refractivity contribution in [2.45, 2.75) is 50.5 Å². The van der Waals surface area contributed by atoms with Crippen LogP contribution >= 0.6 is 15.9 Å². The molecule has 1 radical (unpaired) electrons. The lowest BCUT2D eigenvalue weighted by molar-refractivity contribution is 0.0757. The highest BCUT2D eigenvalue weighted by Gasteiger charge is 2.23. The van der Waals surface area contributed by atoms with Crippen LogP contribution in [-0.4, -0.2) is 15.5 Å². The van der Waals surface area contributed by atoms with Crippen LogP contribution in [0, 0.1) is 12.8 Å². The van der Waals surface area contributed by atoms with Crippen LogP contribution in [0.2, 0.25) is 0 Å². The second-order valence-electron chi connectivity index (χ2n) is 4.09. The molecule has 73 valence electrons. The molecule has 0 heterocycles. The summed E-state index contributed by atoms with van der Waals surface area (Å²) < 4.78 is 0. The van der Waals surface area contributed by atoms with Crippen LogP contribution in [0.25, 0.3) is 0 Å². The van der Waals surface area contributed by atoms with Gasteiger partial charge in [-0.1, -0.05) is 36.2 Å². The topological polar surface area (TPSA) is 20.2 Å². The van der Waals surface area contributed by atoms with Gasteiger partial charge in [-0.2, -0.15) is 0 Å². The number of hydrogen-bond donors (Lipinski definition) is 1. The van der Waals surface area contributed by atoms with Gasteiger partial charge in [0.15, 0.2) is 0 Å². The summed E-state index contributed by atoms with van der Waals surface area (Å²) in [5, 5.41) is 9.61. The van der Waals surface area contributed by atoms with Gasteiger partial charge in [0.2, 0.25) is 0 Å². The van der Waals surface area contributed by atoms with Crippen molar-refractivity contribution in [2.75, 3.05) is 0 Å². The van der Waals surface area contributed by atoms with Crippen LogP contribution < -0.4 is 0 Å². The van der Waals surface area contributed by atoms with Crippen LogP contribution in [0.15, 0.2) is 0 Å². The predicted molar refractivity (Wildman–Crippen MR) is 57.4 cm³/mol. The molecule has 12 heavy (non-hydrogen) atoms. The van der Waals surface area contributed by atoms with Gasteiger partial charge in [-0.05, 0) is 32.6 Å². The molecule has 0 rings (SSSR count). The fourth-order valence-corrected chi connectivity index (χ4v) is 1.19. The highest BCUT2D eigenvalue weighted by Crippen LogP contribution is 2.24. The molecule has 1 N–H and O–H groups in total. The van der Waals surface area contributed by atoms with Crippen molar-refractivity contribution in [3.63, 3.8) is 0 Å². The zero-order chi connectivity index (χ0) is 9.78. The average Bonchev–Trinajstić information content (AvgIpc) is 1.97. The van der Waals surface area contributed by atoms with Crippen LogP contribution in [0.1, 0.15) is 40.0 Å². The molecular formula is C10H20BrO. The molecule has 0 spiro atoms. The molecule has 0 aromatic heterocycles. The van der Waals surface area contributed by atoms with E-state index in [1.165, 1.54) is 0 Å². The van der Waals surface area contributed by atoms with E-state index < -0.39 is 5.60 Å². The Labute approximate surface area is 84.7 Å². The zero-order valence-electron chi connectivity index (χ0n) is 8.31. The van der Waals surface area contributed by atoms with Crippen molar-refractivity contribution >= 4 is 15.9 Å². The molecule has 0 aromatic carbocycles. The van der Waals surface area contributed by atoms with Crippen LogP contribution in [0.4, 0.5) is 0 Å². The molecule has 0 amide bonds. The highest BCUT2D eigenvalue weighted by molar-refractivity contribution is 9.09. The van der Waals surface area contributed by atoms with E-state index >= 15 is 0 Å². The van der Waals surface area contributed by atoms with Crippen molar-refractivity contribution in [1.82, 2.24) is 0 Å². The Bertz CT molecular complexity index is 117. The van der Waals surface area contributed by atoms with E-state index in [-0.39, 0.29) is 4.83 Å². The van der Waals surface area contributed by atoms with Gasteiger partial charge in [0.1, 0.15) is 0 Å². The van der Waals surface area contributed by atoms with E-state index in [1.54, 1.807) is 0 Å². The van der Waals surface area contributed by atoms with Gasteiger partial charge in [0.05, 0.1) is 5.60 Å². The summed E-state index contributed by atoms with van der Waals surface area (Å²) in [5.41, 5.74) is -0.610. The molecule has 2 unspecified atom stereocenters.